The lowest BCUT2D eigenvalue weighted by atomic mass is 9.73. The Morgan fingerprint density at radius 1 is 1.04 bits per heavy atom. The van der Waals surface area contributed by atoms with Gasteiger partial charge in [0.05, 0.1) is 11.2 Å². The molecule has 1 aliphatic heterocycles. The molecule has 3 nitrogen and oxygen atoms in total. The van der Waals surface area contributed by atoms with Crippen LogP contribution in [-0.2, 0) is 15.7 Å². The van der Waals surface area contributed by atoms with E-state index in [1.807, 2.05) is 12.4 Å². The monoisotopic (exact) mass is 321 g/mol. The number of pyridine rings is 1. The summed E-state index contributed by atoms with van der Waals surface area (Å²) in [5.41, 5.74) is 5.78. The lowest BCUT2D eigenvalue weighted by Crippen LogP contribution is -2.41. The highest BCUT2D eigenvalue weighted by Crippen LogP contribution is 2.40. The van der Waals surface area contributed by atoms with Gasteiger partial charge in [0.2, 0.25) is 0 Å². The summed E-state index contributed by atoms with van der Waals surface area (Å²) in [7, 11) is -0.300. The van der Waals surface area contributed by atoms with Gasteiger partial charge >= 0.3 is 7.12 Å². The SMILES string of the molecule is CC1Cc2cc(B3OC(C)(C)C(C)(C)O3)ccc2-c2cnccc21. The van der Waals surface area contributed by atoms with Crippen molar-refractivity contribution in [3.05, 3.63) is 47.8 Å². The van der Waals surface area contributed by atoms with Crippen molar-refractivity contribution in [2.24, 2.45) is 0 Å². The zero-order chi connectivity index (χ0) is 17.1. The first-order valence-corrected chi connectivity index (χ1v) is 8.71. The number of fused-ring (bicyclic) bond motifs is 3. The molecule has 0 spiro atoms. The van der Waals surface area contributed by atoms with Gasteiger partial charge in [0.1, 0.15) is 0 Å². The minimum Gasteiger partial charge on any atom is -0.399 e. The standard InChI is InChI=1S/C20H24BNO2/c1-13-10-14-11-15(21-23-19(2,3)20(4,5)24-21)6-7-17(14)18-12-22-9-8-16(13)18/h6-9,11-13H,10H2,1-5H3. The number of rotatable bonds is 1. The van der Waals surface area contributed by atoms with Crippen LogP contribution in [0.1, 0.15) is 51.7 Å². The fraction of sp³-hybridized carbons (Fsp3) is 0.450. The highest BCUT2D eigenvalue weighted by atomic mass is 16.7. The maximum atomic E-state index is 6.20. The van der Waals surface area contributed by atoms with Gasteiger partial charge in [-0.05, 0) is 68.3 Å². The summed E-state index contributed by atoms with van der Waals surface area (Å²) in [5, 5.41) is 0. The fourth-order valence-corrected chi connectivity index (χ4v) is 3.67. The van der Waals surface area contributed by atoms with Crippen LogP contribution in [0.4, 0.5) is 0 Å². The van der Waals surface area contributed by atoms with Crippen LogP contribution in [0.15, 0.2) is 36.7 Å². The Kier molecular flexibility index (Phi) is 3.42. The number of hydrogen-bond donors (Lipinski definition) is 0. The molecule has 24 heavy (non-hydrogen) atoms. The first kappa shape index (κ1) is 15.9. The molecule has 4 rings (SSSR count). The zero-order valence-corrected chi connectivity index (χ0v) is 15.1. The second kappa shape index (κ2) is 5.17. The van der Waals surface area contributed by atoms with Crippen molar-refractivity contribution < 1.29 is 9.31 Å². The van der Waals surface area contributed by atoms with Gasteiger partial charge in [-0.2, -0.15) is 0 Å². The largest absolute Gasteiger partial charge is 0.494 e. The molecule has 1 aromatic heterocycles. The zero-order valence-electron chi connectivity index (χ0n) is 15.1. The maximum absolute atomic E-state index is 6.20. The van der Waals surface area contributed by atoms with Crippen LogP contribution in [0.25, 0.3) is 11.1 Å². The molecule has 1 fully saturated rings. The van der Waals surface area contributed by atoms with Crippen molar-refractivity contribution in [1.82, 2.24) is 4.98 Å². The molecule has 1 atom stereocenters. The first-order chi connectivity index (χ1) is 11.3. The Balaban J connectivity index is 1.73. The third-order valence-electron chi connectivity index (χ3n) is 5.86. The second-order valence-electron chi connectivity index (χ2n) is 8.07. The van der Waals surface area contributed by atoms with Crippen LogP contribution >= 0.6 is 0 Å². The predicted molar refractivity (Wildman–Crippen MR) is 97.5 cm³/mol. The van der Waals surface area contributed by atoms with E-state index in [0.29, 0.717) is 5.92 Å². The van der Waals surface area contributed by atoms with Gasteiger partial charge in [0, 0.05) is 18.0 Å². The molecule has 2 aromatic rings. The van der Waals surface area contributed by atoms with Crippen LogP contribution in [0, 0.1) is 0 Å². The van der Waals surface area contributed by atoms with Crippen LogP contribution in [0.5, 0.6) is 0 Å². The van der Waals surface area contributed by atoms with E-state index in [-0.39, 0.29) is 18.3 Å². The van der Waals surface area contributed by atoms with Gasteiger partial charge < -0.3 is 9.31 Å². The van der Waals surface area contributed by atoms with Crippen molar-refractivity contribution in [3.8, 4) is 11.1 Å². The van der Waals surface area contributed by atoms with Crippen molar-refractivity contribution in [2.45, 2.75) is 58.2 Å². The molecule has 4 heteroatoms. The summed E-state index contributed by atoms with van der Waals surface area (Å²) in [6.07, 6.45) is 4.91. The Hall–Kier alpha value is -1.65. The number of benzene rings is 1. The molecule has 0 saturated carbocycles. The van der Waals surface area contributed by atoms with E-state index in [1.165, 1.54) is 22.3 Å². The lowest BCUT2D eigenvalue weighted by Gasteiger charge is -2.32. The van der Waals surface area contributed by atoms with Gasteiger partial charge in [-0.25, -0.2) is 0 Å². The van der Waals surface area contributed by atoms with E-state index in [9.17, 15) is 0 Å². The molecule has 2 aliphatic rings. The summed E-state index contributed by atoms with van der Waals surface area (Å²) < 4.78 is 12.4. The third kappa shape index (κ3) is 2.32. The van der Waals surface area contributed by atoms with E-state index in [0.717, 1.165) is 11.9 Å². The highest BCUT2D eigenvalue weighted by molar-refractivity contribution is 6.62. The number of nitrogens with zero attached hydrogens (tertiary/aromatic N) is 1. The summed E-state index contributed by atoms with van der Waals surface area (Å²) >= 11 is 0. The highest BCUT2D eigenvalue weighted by Gasteiger charge is 2.51. The number of hydrogen-bond acceptors (Lipinski definition) is 3. The smallest absolute Gasteiger partial charge is 0.399 e. The van der Waals surface area contributed by atoms with Crippen LogP contribution in [-0.4, -0.2) is 23.3 Å². The molecule has 1 saturated heterocycles. The molecule has 0 N–H and O–H groups in total. The Bertz CT molecular complexity index is 784. The van der Waals surface area contributed by atoms with E-state index in [2.05, 4.69) is 63.9 Å². The first-order valence-electron chi connectivity index (χ1n) is 8.71. The van der Waals surface area contributed by atoms with E-state index in [1.54, 1.807) is 0 Å². The molecule has 2 heterocycles. The number of aromatic nitrogens is 1. The average Bonchev–Trinajstić information content (AvgIpc) is 2.75. The molecule has 0 radical (unpaired) electrons. The van der Waals surface area contributed by atoms with Crippen LogP contribution in [0.3, 0.4) is 0 Å². The van der Waals surface area contributed by atoms with E-state index < -0.39 is 0 Å². The molecule has 0 bridgehead atoms. The van der Waals surface area contributed by atoms with Crippen molar-refractivity contribution in [1.29, 1.82) is 0 Å². The topological polar surface area (TPSA) is 31.4 Å². The van der Waals surface area contributed by atoms with Crippen LogP contribution in [0.2, 0.25) is 0 Å². The predicted octanol–water partition coefficient (Wildman–Crippen LogP) is 3.71. The quantitative estimate of drug-likeness (QED) is 0.751. The lowest BCUT2D eigenvalue weighted by molar-refractivity contribution is 0.00578. The van der Waals surface area contributed by atoms with Crippen molar-refractivity contribution in [2.75, 3.05) is 0 Å². The minimum absolute atomic E-state index is 0.300. The molecular weight excluding hydrogens is 297 g/mol. The Morgan fingerprint density at radius 3 is 2.46 bits per heavy atom. The summed E-state index contributed by atoms with van der Waals surface area (Å²) in [6.45, 7) is 10.7. The molecule has 124 valence electrons. The molecular formula is C20H24BNO2. The third-order valence-corrected chi connectivity index (χ3v) is 5.86. The van der Waals surface area contributed by atoms with Gasteiger partial charge in [-0.15, -0.1) is 0 Å². The van der Waals surface area contributed by atoms with E-state index in [4.69, 9.17) is 9.31 Å². The van der Waals surface area contributed by atoms with Gasteiger partial charge in [0.25, 0.3) is 0 Å². The van der Waals surface area contributed by atoms with Gasteiger partial charge in [0.15, 0.2) is 0 Å². The van der Waals surface area contributed by atoms with Gasteiger partial charge in [-0.1, -0.05) is 25.1 Å². The van der Waals surface area contributed by atoms with Gasteiger partial charge in [-0.3, -0.25) is 4.98 Å². The average molecular weight is 321 g/mol. The molecule has 0 amide bonds. The Labute approximate surface area is 144 Å². The second-order valence-corrected chi connectivity index (χ2v) is 8.07. The normalized spacial score (nSPS) is 23.7. The van der Waals surface area contributed by atoms with Crippen molar-refractivity contribution in [3.63, 3.8) is 0 Å². The Morgan fingerprint density at radius 2 is 1.75 bits per heavy atom. The summed E-state index contributed by atoms with van der Waals surface area (Å²) in [6, 6.07) is 8.73. The summed E-state index contributed by atoms with van der Waals surface area (Å²) in [5.74, 6) is 0.504. The minimum atomic E-state index is -0.308. The summed E-state index contributed by atoms with van der Waals surface area (Å²) in [4.78, 5) is 4.32. The van der Waals surface area contributed by atoms with Crippen molar-refractivity contribution >= 4 is 12.6 Å². The van der Waals surface area contributed by atoms with Crippen LogP contribution < -0.4 is 5.46 Å². The molecule has 1 aliphatic carbocycles. The maximum Gasteiger partial charge on any atom is 0.494 e. The van der Waals surface area contributed by atoms with E-state index >= 15 is 0 Å². The molecule has 1 unspecified atom stereocenters. The molecule has 1 aromatic carbocycles. The fourth-order valence-electron chi connectivity index (χ4n) is 3.67.